The molecule has 1 atom stereocenters. The molecule has 106 valence electrons. The minimum atomic E-state index is -0.185. The normalized spacial score (nSPS) is 18.5. The predicted molar refractivity (Wildman–Crippen MR) is 80.7 cm³/mol. The molecule has 1 heterocycles. The van der Waals surface area contributed by atoms with Crippen molar-refractivity contribution in [2.75, 3.05) is 19.6 Å². The molecule has 0 aliphatic carbocycles. The summed E-state index contributed by atoms with van der Waals surface area (Å²) in [7, 11) is 0. The van der Waals surface area contributed by atoms with Gasteiger partial charge in [-0.1, -0.05) is 22.4 Å². The molecule has 1 fully saturated rings. The zero-order valence-electron chi connectivity index (χ0n) is 11.5. The molecule has 2 rings (SSSR count). The van der Waals surface area contributed by atoms with Gasteiger partial charge in [-0.15, -0.1) is 0 Å². The van der Waals surface area contributed by atoms with Crippen molar-refractivity contribution in [2.45, 2.75) is 38.8 Å². The molecule has 1 N–H and O–H groups in total. The average molecular weight is 329 g/mol. The fourth-order valence-corrected chi connectivity index (χ4v) is 3.14. The maximum Gasteiger partial charge on any atom is 0.124 e. The molecule has 1 aromatic carbocycles. The Morgan fingerprint density at radius 1 is 1.26 bits per heavy atom. The van der Waals surface area contributed by atoms with Crippen molar-refractivity contribution < 1.29 is 4.39 Å². The summed E-state index contributed by atoms with van der Waals surface area (Å²) in [6.45, 7) is 6.37. The zero-order chi connectivity index (χ0) is 13.7. The Morgan fingerprint density at radius 3 is 2.68 bits per heavy atom. The van der Waals surface area contributed by atoms with Gasteiger partial charge < -0.3 is 5.32 Å². The van der Waals surface area contributed by atoms with Crippen LogP contribution in [0.1, 0.15) is 31.7 Å². The van der Waals surface area contributed by atoms with E-state index >= 15 is 0 Å². The lowest BCUT2D eigenvalue weighted by Gasteiger charge is -2.32. The summed E-state index contributed by atoms with van der Waals surface area (Å²) in [5.41, 5.74) is 0.984. The van der Waals surface area contributed by atoms with Gasteiger partial charge in [-0.3, -0.25) is 4.90 Å². The molecule has 1 unspecified atom stereocenters. The van der Waals surface area contributed by atoms with E-state index in [4.69, 9.17) is 0 Å². The second-order valence-corrected chi connectivity index (χ2v) is 6.27. The molecule has 0 amide bonds. The van der Waals surface area contributed by atoms with Crippen molar-refractivity contribution in [1.82, 2.24) is 10.2 Å². The van der Waals surface area contributed by atoms with Gasteiger partial charge in [0.2, 0.25) is 0 Å². The van der Waals surface area contributed by atoms with Crippen LogP contribution in [0, 0.1) is 5.82 Å². The third kappa shape index (κ3) is 4.86. The highest BCUT2D eigenvalue weighted by Gasteiger charge is 2.15. The third-order valence-electron chi connectivity index (χ3n) is 3.71. The molecule has 19 heavy (non-hydrogen) atoms. The number of hydrogen-bond acceptors (Lipinski definition) is 2. The molecule has 1 saturated heterocycles. The first kappa shape index (κ1) is 14.9. The van der Waals surface area contributed by atoms with Crippen LogP contribution in [0.25, 0.3) is 0 Å². The van der Waals surface area contributed by atoms with Gasteiger partial charge in [0.15, 0.2) is 0 Å². The van der Waals surface area contributed by atoms with Gasteiger partial charge >= 0.3 is 0 Å². The number of hydrogen-bond donors (Lipinski definition) is 1. The van der Waals surface area contributed by atoms with Crippen LogP contribution >= 0.6 is 15.9 Å². The van der Waals surface area contributed by atoms with Gasteiger partial charge in [-0.05, 0) is 56.6 Å². The largest absolute Gasteiger partial charge is 0.311 e. The second kappa shape index (κ2) is 7.36. The summed E-state index contributed by atoms with van der Waals surface area (Å²) in [5, 5.41) is 3.42. The predicted octanol–water partition coefficient (Wildman–Crippen LogP) is 3.55. The van der Waals surface area contributed by atoms with E-state index in [1.807, 2.05) is 6.07 Å². The van der Waals surface area contributed by atoms with Crippen molar-refractivity contribution in [2.24, 2.45) is 0 Å². The zero-order valence-corrected chi connectivity index (χ0v) is 13.0. The lowest BCUT2D eigenvalue weighted by molar-refractivity contribution is 0.170. The van der Waals surface area contributed by atoms with E-state index in [0.717, 1.165) is 16.6 Å². The Labute approximate surface area is 123 Å². The van der Waals surface area contributed by atoms with Crippen LogP contribution in [0.15, 0.2) is 22.7 Å². The standard InChI is InChI=1S/C15H22BrFN2/c1-12(19-5-3-2-4-6-19)10-18-11-13-7-14(16)9-15(17)8-13/h7-9,12,18H,2-6,10-11H2,1H3. The molecule has 0 aromatic heterocycles. The Hall–Kier alpha value is -0.450. The molecule has 1 aliphatic heterocycles. The highest BCUT2D eigenvalue weighted by molar-refractivity contribution is 9.10. The smallest absolute Gasteiger partial charge is 0.124 e. The summed E-state index contributed by atoms with van der Waals surface area (Å²) in [6.07, 6.45) is 4.01. The maximum absolute atomic E-state index is 13.2. The molecule has 0 spiro atoms. The number of rotatable bonds is 5. The van der Waals surface area contributed by atoms with E-state index in [2.05, 4.69) is 33.1 Å². The Kier molecular flexibility index (Phi) is 5.79. The number of benzene rings is 1. The topological polar surface area (TPSA) is 15.3 Å². The summed E-state index contributed by atoms with van der Waals surface area (Å²) in [6, 6.07) is 5.59. The minimum Gasteiger partial charge on any atom is -0.311 e. The lowest BCUT2D eigenvalue weighted by atomic mass is 10.1. The summed E-state index contributed by atoms with van der Waals surface area (Å²) >= 11 is 3.32. The molecule has 0 bridgehead atoms. The van der Waals surface area contributed by atoms with Crippen LogP contribution in [-0.2, 0) is 6.54 Å². The molecular weight excluding hydrogens is 307 g/mol. The molecule has 1 aromatic rings. The number of nitrogens with one attached hydrogen (secondary N) is 1. The van der Waals surface area contributed by atoms with Crippen LogP contribution in [0.5, 0.6) is 0 Å². The molecule has 4 heteroatoms. The number of nitrogens with zero attached hydrogens (tertiary/aromatic N) is 1. The van der Waals surface area contributed by atoms with E-state index in [1.54, 1.807) is 6.07 Å². The highest BCUT2D eigenvalue weighted by Crippen LogP contribution is 2.15. The molecule has 0 saturated carbocycles. The summed E-state index contributed by atoms with van der Waals surface area (Å²) in [4.78, 5) is 2.54. The van der Waals surface area contributed by atoms with Crippen molar-refractivity contribution in [3.8, 4) is 0 Å². The van der Waals surface area contributed by atoms with Crippen LogP contribution in [0.2, 0.25) is 0 Å². The first-order valence-electron chi connectivity index (χ1n) is 7.05. The van der Waals surface area contributed by atoms with Crippen molar-refractivity contribution in [3.63, 3.8) is 0 Å². The average Bonchev–Trinajstić information content (AvgIpc) is 2.38. The van der Waals surface area contributed by atoms with Crippen molar-refractivity contribution in [1.29, 1.82) is 0 Å². The number of halogens is 2. The highest BCUT2D eigenvalue weighted by atomic mass is 79.9. The van der Waals surface area contributed by atoms with E-state index in [-0.39, 0.29) is 5.82 Å². The first-order chi connectivity index (χ1) is 9.15. The SMILES string of the molecule is CC(CNCc1cc(F)cc(Br)c1)N1CCCCC1. The summed E-state index contributed by atoms with van der Waals surface area (Å²) in [5.74, 6) is -0.185. The van der Waals surface area contributed by atoms with Crippen LogP contribution < -0.4 is 5.32 Å². The van der Waals surface area contributed by atoms with Crippen LogP contribution in [0.3, 0.4) is 0 Å². The molecule has 2 nitrogen and oxygen atoms in total. The van der Waals surface area contributed by atoms with Gasteiger partial charge in [-0.2, -0.15) is 0 Å². The lowest BCUT2D eigenvalue weighted by Crippen LogP contribution is -2.42. The van der Waals surface area contributed by atoms with E-state index < -0.39 is 0 Å². The monoisotopic (exact) mass is 328 g/mol. The second-order valence-electron chi connectivity index (χ2n) is 5.35. The van der Waals surface area contributed by atoms with Crippen molar-refractivity contribution in [3.05, 3.63) is 34.1 Å². The van der Waals surface area contributed by atoms with Gasteiger partial charge in [0.25, 0.3) is 0 Å². The minimum absolute atomic E-state index is 0.185. The third-order valence-corrected chi connectivity index (χ3v) is 4.16. The number of likely N-dealkylation sites (tertiary alicyclic amines) is 1. The number of piperidine rings is 1. The fourth-order valence-electron chi connectivity index (χ4n) is 2.63. The van der Waals surface area contributed by atoms with E-state index in [9.17, 15) is 4.39 Å². The van der Waals surface area contributed by atoms with Gasteiger partial charge in [0.05, 0.1) is 0 Å². The maximum atomic E-state index is 13.2. The van der Waals surface area contributed by atoms with E-state index in [1.165, 1.54) is 38.4 Å². The van der Waals surface area contributed by atoms with Gasteiger partial charge in [0, 0.05) is 23.6 Å². The van der Waals surface area contributed by atoms with E-state index in [0.29, 0.717) is 12.6 Å². The Morgan fingerprint density at radius 2 is 2.00 bits per heavy atom. The molecule has 0 radical (unpaired) electrons. The first-order valence-corrected chi connectivity index (χ1v) is 7.84. The Balaban J connectivity index is 1.76. The van der Waals surface area contributed by atoms with Crippen LogP contribution in [0.4, 0.5) is 4.39 Å². The Bertz CT molecular complexity index is 385. The quantitative estimate of drug-likeness (QED) is 0.889. The molecule has 1 aliphatic rings. The van der Waals surface area contributed by atoms with Crippen LogP contribution in [-0.4, -0.2) is 30.6 Å². The van der Waals surface area contributed by atoms with Gasteiger partial charge in [0.1, 0.15) is 5.82 Å². The van der Waals surface area contributed by atoms with Crippen molar-refractivity contribution >= 4 is 15.9 Å². The molecular formula is C15H22BrFN2. The van der Waals surface area contributed by atoms with Gasteiger partial charge in [-0.25, -0.2) is 4.39 Å². The summed E-state index contributed by atoms with van der Waals surface area (Å²) < 4.78 is 14.0. The fraction of sp³-hybridized carbons (Fsp3) is 0.600.